The molecule has 0 amide bonds. The molecule has 0 aliphatic heterocycles. The Bertz CT molecular complexity index is 164. The second-order valence-electron chi connectivity index (χ2n) is 4.58. The van der Waals surface area contributed by atoms with E-state index in [-0.39, 0.29) is 5.41 Å². The maximum atomic E-state index is 8.92. The molecule has 0 N–H and O–H groups in total. The Morgan fingerprint density at radius 2 is 1.85 bits per heavy atom. The van der Waals surface area contributed by atoms with Gasteiger partial charge in [0, 0.05) is 0 Å². The molecule has 1 unspecified atom stereocenters. The van der Waals surface area contributed by atoms with E-state index in [1.165, 1.54) is 32.1 Å². The van der Waals surface area contributed by atoms with E-state index < -0.39 is 0 Å². The summed E-state index contributed by atoms with van der Waals surface area (Å²) in [6.45, 7) is 8.49. The normalized spacial score (nSPS) is 13.8. The molecule has 0 spiro atoms. The third-order valence-electron chi connectivity index (χ3n) is 3.01. The fourth-order valence-corrected chi connectivity index (χ4v) is 1.35. The highest BCUT2D eigenvalue weighted by Crippen LogP contribution is 2.29. The highest BCUT2D eigenvalue weighted by molar-refractivity contribution is 4.94. The summed E-state index contributed by atoms with van der Waals surface area (Å²) in [5, 5.41) is 8.92. The van der Waals surface area contributed by atoms with Crippen LogP contribution >= 0.6 is 0 Å². The minimum atomic E-state index is -0.147. The van der Waals surface area contributed by atoms with Gasteiger partial charge in [0.25, 0.3) is 0 Å². The lowest BCUT2D eigenvalue weighted by Crippen LogP contribution is -2.19. The van der Waals surface area contributed by atoms with Gasteiger partial charge in [-0.2, -0.15) is 5.26 Å². The van der Waals surface area contributed by atoms with E-state index in [0.29, 0.717) is 5.92 Å². The topological polar surface area (TPSA) is 23.8 Å². The standard InChI is InChI=1S/C12H23N/c1-5-6-7-8-9-11(2)12(3,4)10-13/h11H,5-9H2,1-4H3. The molecule has 0 aliphatic rings. The molecule has 0 aliphatic carbocycles. The van der Waals surface area contributed by atoms with Gasteiger partial charge in [-0.25, -0.2) is 0 Å². The molecule has 0 bridgehead atoms. The van der Waals surface area contributed by atoms with E-state index in [4.69, 9.17) is 5.26 Å². The average Bonchev–Trinajstić information content (AvgIpc) is 2.12. The zero-order valence-corrected chi connectivity index (χ0v) is 9.56. The van der Waals surface area contributed by atoms with Gasteiger partial charge in [0.15, 0.2) is 0 Å². The van der Waals surface area contributed by atoms with Crippen molar-refractivity contribution in [1.29, 1.82) is 5.26 Å². The molecule has 0 aromatic rings. The first-order chi connectivity index (χ1) is 6.04. The fraction of sp³-hybridized carbons (Fsp3) is 0.917. The predicted octanol–water partition coefficient (Wildman–Crippen LogP) is 4.14. The minimum Gasteiger partial charge on any atom is -0.198 e. The van der Waals surface area contributed by atoms with Crippen LogP contribution in [-0.4, -0.2) is 0 Å². The van der Waals surface area contributed by atoms with Gasteiger partial charge in [0.1, 0.15) is 0 Å². The number of nitriles is 1. The Labute approximate surface area is 83.1 Å². The monoisotopic (exact) mass is 181 g/mol. The van der Waals surface area contributed by atoms with E-state index in [9.17, 15) is 0 Å². The van der Waals surface area contributed by atoms with Crippen molar-refractivity contribution in [1.82, 2.24) is 0 Å². The molecule has 0 radical (unpaired) electrons. The second kappa shape index (κ2) is 6.02. The SMILES string of the molecule is CCCCCCC(C)C(C)(C)C#N. The molecule has 0 aromatic carbocycles. The van der Waals surface area contributed by atoms with Crippen molar-refractivity contribution in [3.63, 3.8) is 0 Å². The van der Waals surface area contributed by atoms with Crippen LogP contribution < -0.4 is 0 Å². The third kappa shape index (κ3) is 4.93. The van der Waals surface area contributed by atoms with Crippen molar-refractivity contribution in [2.24, 2.45) is 11.3 Å². The smallest absolute Gasteiger partial charge is 0.0686 e. The summed E-state index contributed by atoms with van der Waals surface area (Å²) in [7, 11) is 0. The van der Waals surface area contributed by atoms with Crippen LogP contribution in [0.2, 0.25) is 0 Å². The average molecular weight is 181 g/mol. The molecule has 13 heavy (non-hydrogen) atoms. The lowest BCUT2D eigenvalue weighted by atomic mass is 9.78. The van der Waals surface area contributed by atoms with Crippen molar-refractivity contribution in [3.05, 3.63) is 0 Å². The van der Waals surface area contributed by atoms with Gasteiger partial charge in [-0.3, -0.25) is 0 Å². The zero-order chi connectivity index (χ0) is 10.3. The van der Waals surface area contributed by atoms with E-state index in [1.54, 1.807) is 0 Å². The second-order valence-corrected chi connectivity index (χ2v) is 4.58. The van der Waals surface area contributed by atoms with E-state index in [2.05, 4.69) is 19.9 Å². The summed E-state index contributed by atoms with van der Waals surface area (Å²) in [4.78, 5) is 0. The number of rotatable bonds is 6. The Hall–Kier alpha value is -0.510. The molecule has 0 fully saturated rings. The molecular weight excluding hydrogens is 158 g/mol. The summed E-state index contributed by atoms with van der Waals surface area (Å²) in [6.07, 6.45) is 6.42. The molecule has 1 atom stereocenters. The Morgan fingerprint density at radius 1 is 1.23 bits per heavy atom. The van der Waals surface area contributed by atoms with Gasteiger partial charge in [-0.1, -0.05) is 39.5 Å². The zero-order valence-electron chi connectivity index (χ0n) is 9.56. The van der Waals surface area contributed by atoms with Crippen LogP contribution in [0.5, 0.6) is 0 Å². The first kappa shape index (κ1) is 12.5. The number of hydrogen-bond acceptors (Lipinski definition) is 1. The number of nitrogens with zero attached hydrogens (tertiary/aromatic N) is 1. The van der Waals surface area contributed by atoms with Gasteiger partial charge in [0.05, 0.1) is 11.5 Å². The van der Waals surface area contributed by atoms with E-state index in [0.717, 1.165) is 0 Å². The van der Waals surface area contributed by atoms with Crippen molar-refractivity contribution >= 4 is 0 Å². The highest BCUT2D eigenvalue weighted by atomic mass is 14.4. The fourth-order valence-electron chi connectivity index (χ4n) is 1.35. The molecular formula is C12H23N. The molecule has 1 nitrogen and oxygen atoms in total. The van der Waals surface area contributed by atoms with Gasteiger partial charge in [0.2, 0.25) is 0 Å². The van der Waals surface area contributed by atoms with Gasteiger partial charge in [-0.15, -0.1) is 0 Å². The maximum Gasteiger partial charge on any atom is 0.0686 e. The Morgan fingerprint density at radius 3 is 2.31 bits per heavy atom. The van der Waals surface area contributed by atoms with Crippen LogP contribution in [0.15, 0.2) is 0 Å². The predicted molar refractivity (Wildman–Crippen MR) is 57.3 cm³/mol. The highest BCUT2D eigenvalue weighted by Gasteiger charge is 2.24. The molecule has 0 saturated carbocycles. The van der Waals surface area contributed by atoms with Gasteiger partial charge >= 0.3 is 0 Å². The summed E-state index contributed by atoms with van der Waals surface area (Å²) in [5.74, 6) is 0.523. The van der Waals surface area contributed by atoms with E-state index in [1.807, 2.05) is 13.8 Å². The van der Waals surface area contributed by atoms with Crippen molar-refractivity contribution in [2.75, 3.05) is 0 Å². The van der Waals surface area contributed by atoms with Crippen LogP contribution in [0, 0.1) is 22.7 Å². The van der Waals surface area contributed by atoms with Crippen LogP contribution in [-0.2, 0) is 0 Å². The Balaban J connectivity index is 3.63. The number of unbranched alkanes of at least 4 members (excludes halogenated alkanes) is 3. The van der Waals surface area contributed by atoms with Crippen LogP contribution in [0.4, 0.5) is 0 Å². The lowest BCUT2D eigenvalue weighted by Gasteiger charge is -2.23. The largest absolute Gasteiger partial charge is 0.198 e. The van der Waals surface area contributed by atoms with Crippen molar-refractivity contribution < 1.29 is 0 Å². The molecule has 0 rings (SSSR count). The van der Waals surface area contributed by atoms with Crippen molar-refractivity contribution in [2.45, 2.75) is 59.8 Å². The van der Waals surface area contributed by atoms with Crippen LogP contribution in [0.25, 0.3) is 0 Å². The molecule has 0 saturated heterocycles. The molecule has 76 valence electrons. The summed E-state index contributed by atoms with van der Waals surface area (Å²) in [5.41, 5.74) is -0.147. The lowest BCUT2D eigenvalue weighted by molar-refractivity contribution is 0.291. The molecule has 0 heterocycles. The Kier molecular flexibility index (Phi) is 5.79. The van der Waals surface area contributed by atoms with Crippen LogP contribution in [0.3, 0.4) is 0 Å². The van der Waals surface area contributed by atoms with Gasteiger partial charge in [-0.05, 0) is 26.2 Å². The minimum absolute atomic E-state index is 0.147. The quantitative estimate of drug-likeness (QED) is 0.565. The van der Waals surface area contributed by atoms with Crippen molar-refractivity contribution in [3.8, 4) is 6.07 Å². The summed E-state index contributed by atoms with van der Waals surface area (Å²) >= 11 is 0. The third-order valence-corrected chi connectivity index (χ3v) is 3.01. The van der Waals surface area contributed by atoms with E-state index >= 15 is 0 Å². The first-order valence-corrected chi connectivity index (χ1v) is 5.45. The van der Waals surface area contributed by atoms with Gasteiger partial charge < -0.3 is 0 Å². The summed E-state index contributed by atoms with van der Waals surface area (Å²) < 4.78 is 0. The summed E-state index contributed by atoms with van der Waals surface area (Å²) in [6, 6.07) is 2.38. The first-order valence-electron chi connectivity index (χ1n) is 5.45. The number of hydrogen-bond donors (Lipinski definition) is 0. The van der Waals surface area contributed by atoms with Crippen LogP contribution in [0.1, 0.15) is 59.8 Å². The molecule has 1 heteroatoms. The maximum absolute atomic E-state index is 8.92. The molecule has 0 aromatic heterocycles.